The van der Waals surface area contributed by atoms with Crippen LogP contribution < -0.4 is 5.32 Å². The maximum atomic E-state index is 12.9. The van der Waals surface area contributed by atoms with Gasteiger partial charge in [0, 0.05) is 44.0 Å². The summed E-state index contributed by atoms with van der Waals surface area (Å²) in [5.41, 5.74) is 1.34. The standard InChI is InChI=1S/C19H19Br2NO3/c1-9-17(13-7-11(20)3-5-15(13)23)22-18(10(2)19(9)25)14-8-12(21)4-6-16(14)24/h3-10,17-18,22-24H,1-2H3/t9-,10+,17-,18-/m0/s1. The van der Waals surface area contributed by atoms with Crippen LogP contribution in [0.4, 0.5) is 0 Å². The van der Waals surface area contributed by atoms with E-state index in [-0.39, 0.29) is 41.2 Å². The molecule has 132 valence electrons. The molecule has 0 aromatic heterocycles. The Morgan fingerprint density at radius 2 is 1.24 bits per heavy atom. The van der Waals surface area contributed by atoms with E-state index in [0.29, 0.717) is 11.1 Å². The first-order valence-electron chi connectivity index (χ1n) is 8.06. The SMILES string of the molecule is C[C@@H]1C(=O)[C@H](C)[C@@H](c2cc(Br)ccc2O)N[C@@H]1c1cc(Br)ccc1O. The monoisotopic (exact) mass is 467 g/mol. The number of piperidine rings is 1. The first kappa shape index (κ1) is 18.4. The van der Waals surface area contributed by atoms with Crippen molar-refractivity contribution in [2.24, 2.45) is 11.8 Å². The number of hydrogen-bond acceptors (Lipinski definition) is 4. The summed E-state index contributed by atoms with van der Waals surface area (Å²) in [5, 5.41) is 24.0. The predicted molar refractivity (Wildman–Crippen MR) is 104 cm³/mol. The zero-order chi connectivity index (χ0) is 18.3. The van der Waals surface area contributed by atoms with Crippen molar-refractivity contribution in [2.45, 2.75) is 25.9 Å². The molecule has 3 N–H and O–H groups in total. The van der Waals surface area contributed by atoms with Crippen molar-refractivity contribution in [1.82, 2.24) is 5.32 Å². The summed E-state index contributed by atoms with van der Waals surface area (Å²) in [5.74, 6) is -0.187. The third kappa shape index (κ3) is 3.48. The Morgan fingerprint density at radius 1 is 0.840 bits per heavy atom. The van der Waals surface area contributed by atoms with Gasteiger partial charge in [-0.25, -0.2) is 0 Å². The lowest BCUT2D eigenvalue weighted by molar-refractivity contribution is -0.130. The lowest BCUT2D eigenvalue weighted by Crippen LogP contribution is -2.46. The molecule has 1 fully saturated rings. The van der Waals surface area contributed by atoms with Gasteiger partial charge in [-0.05, 0) is 36.4 Å². The minimum absolute atomic E-state index is 0.104. The molecule has 0 radical (unpaired) electrons. The Kier molecular flexibility index (Phi) is 5.23. The van der Waals surface area contributed by atoms with Crippen LogP contribution in [0.1, 0.15) is 37.1 Å². The van der Waals surface area contributed by atoms with E-state index in [4.69, 9.17) is 0 Å². The van der Waals surface area contributed by atoms with E-state index in [2.05, 4.69) is 37.2 Å². The Hall–Kier alpha value is -1.37. The summed E-state index contributed by atoms with van der Waals surface area (Å²) in [6.07, 6.45) is 0. The minimum atomic E-state index is -0.343. The molecule has 4 atom stereocenters. The number of halogens is 2. The highest BCUT2D eigenvalue weighted by Gasteiger charge is 2.41. The van der Waals surface area contributed by atoms with Crippen molar-refractivity contribution in [3.63, 3.8) is 0 Å². The van der Waals surface area contributed by atoms with Crippen LogP contribution >= 0.6 is 31.9 Å². The fourth-order valence-electron chi connectivity index (χ4n) is 3.49. The van der Waals surface area contributed by atoms with Gasteiger partial charge in [0.1, 0.15) is 17.3 Å². The summed E-state index contributed by atoms with van der Waals surface area (Å²) in [7, 11) is 0. The van der Waals surface area contributed by atoms with Crippen LogP contribution in [-0.2, 0) is 4.79 Å². The fourth-order valence-corrected chi connectivity index (χ4v) is 4.25. The Balaban J connectivity index is 2.05. The Labute approximate surface area is 163 Å². The number of nitrogens with one attached hydrogen (secondary N) is 1. The van der Waals surface area contributed by atoms with Crippen LogP contribution in [0.5, 0.6) is 11.5 Å². The van der Waals surface area contributed by atoms with Gasteiger partial charge in [-0.2, -0.15) is 0 Å². The molecule has 6 heteroatoms. The van der Waals surface area contributed by atoms with Gasteiger partial charge in [0.2, 0.25) is 0 Å². The van der Waals surface area contributed by atoms with E-state index < -0.39 is 0 Å². The summed E-state index contributed by atoms with van der Waals surface area (Å²) in [6, 6.07) is 9.70. The van der Waals surface area contributed by atoms with Crippen molar-refractivity contribution in [1.29, 1.82) is 0 Å². The number of hydrogen-bond donors (Lipinski definition) is 3. The number of carbonyl (C=O) groups excluding carboxylic acids is 1. The first-order valence-corrected chi connectivity index (χ1v) is 9.64. The number of ketones is 1. The normalized spacial score (nSPS) is 26.6. The molecule has 3 rings (SSSR count). The molecule has 0 bridgehead atoms. The lowest BCUT2D eigenvalue weighted by atomic mass is 9.76. The maximum Gasteiger partial charge on any atom is 0.142 e. The van der Waals surface area contributed by atoms with Gasteiger partial charge in [0.05, 0.1) is 0 Å². The van der Waals surface area contributed by atoms with E-state index in [9.17, 15) is 15.0 Å². The number of benzene rings is 2. The molecular weight excluding hydrogens is 450 g/mol. The third-order valence-electron chi connectivity index (χ3n) is 4.91. The summed E-state index contributed by atoms with van der Waals surface area (Å²) >= 11 is 6.84. The molecule has 2 aromatic carbocycles. The van der Waals surface area contributed by atoms with Crippen LogP contribution in [0.3, 0.4) is 0 Å². The molecule has 1 heterocycles. The number of carbonyl (C=O) groups is 1. The second-order valence-corrected chi connectivity index (χ2v) is 8.34. The van der Waals surface area contributed by atoms with Gasteiger partial charge < -0.3 is 15.5 Å². The van der Waals surface area contributed by atoms with E-state index >= 15 is 0 Å². The molecular formula is C19H19Br2NO3. The molecule has 0 unspecified atom stereocenters. The molecule has 0 spiro atoms. The van der Waals surface area contributed by atoms with Crippen LogP contribution in [0, 0.1) is 11.8 Å². The second kappa shape index (κ2) is 7.09. The Bertz CT molecular complexity index is 759. The minimum Gasteiger partial charge on any atom is -0.508 e. The van der Waals surface area contributed by atoms with Gasteiger partial charge in [-0.1, -0.05) is 45.7 Å². The average molecular weight is 469 g/mol. The van der Waals surface area contributed by atoms with Gasteiger partial charge in [-0.15, -0.1) is 0 Å². The maximum absolute atomic E-state index is 12.9. The number of rotatable bonds is 2. The number of phenolic OH excluding ortho intramolecular Hbond substituents is 2. The highest BCUT2D eigenvalue weighted by molar-refractivity contribution is 9.10. The second-order valence-electron chi connectivity index (χ2n) is 6.51. The van der Waals surface area contributed by atoms with Crippen molar-refractivity contribution < 1.29 is 15.0 Å². The average Bonchev–Trinajstić information content (AvgIpc) is 2.58. The van der Waals surface area contributed by atoms with E-state index in [1.165, 1.54) is 0 Å². The van der Waals surface area contributed by atoms with E-state index in [1.807, 2.05) is 26.0 Å². The van der Waals surface area contributed by atoms with Gasteiger partial charge in [-0.3, -0.25) is 4.79 Å². The zero-order valence-corrected chi connectivity index (χ0v) is 17.0. The topological polar surface area (TPSA) is 69.6 Å². The summed E-state index contributed by atoms with van der Waals surface area (Å²) in [6.45, 7) is 3.74. The molecule has 1 aliphatic heterocycles. The molecule has 25 heavy (non-hydrogen) atoms. The van der Waals surface area contributed by atoms with Gasteiger partial charge in [0.15, 0.2) is 0 Å². The van der Waals surface area contributed by atoms with Crippen molar-refractivity contribution in [2.75, 3.05) is 0 Å². The predicted octanol–water partition coefficient (Wildman–Crippen LogP) is 4.85. The van der Waals surface area contributed by atoms with Gasteiger partial charge >= 0.3 is 0 Å². The number of phenols is 2. The number of Topliss-reactive ketones (excluding diaryl/α,β-unsaturated/α-hetero) is 1. The summed E-state index contributed by atoms with van der Waals surface area (Å²) < 4.78 is 1.67. The van der Waals surface area contributed by atoms with E-state index in [1.54, 1.807) is 24.3 Å². The van der Waals surface area contributed by atoms with Crippen molar-refractivity contribution >= 4 is 37.6 Å². The Morgan fingerprint density at radius 3 is 1.64 bits per heavy atom. The molecule has 1 aliphatic rings. The molecule has 0 saturated carbocycles. The molecule has 0 aliphatic carbocycles. The molecule has 0 amide bonds. The lowest BCUT2D eigenvalue weighted by Gasteiger charge is -2.40. The third-order valence-corrected chi connectivity index (χ3v) is 5.89. The molecule has 1 saturated heterocycles. The molecule has 2 aromatic rings. The van der Waals surface area contributed by atoms with Crippen molar-refractivity contribution in [3.05, 3.63) is 56.5 Å². The number of aromatic hydroxyl groups is 2. The molecule has 4 nitrogen and oxygen atoms in total. The van der Waals surface area contributed by atoms with Crippen LogP contribution in [0.25, 0.3) is 0 Å². The zero-order valence-electron chi connectivity index (χ0n) is 13.8. The fraction of sp³-hybridized carbons (Fsp3) is 0.316. The smallest absolute Gasteiger partial charge is 0.142 e. The van der Waals surface area contributed by atoms with Crippen LogP contribution in [0.2, 0.25) is 0 Å². The van der Waals surface area contributed by atoms with Crippen LogP contribution in [0.15, 0.2) is 45.3 Å². The van der Waals surface area contributed by atoms with Crippen LogP contribution in [-0.4, -0.2) is 16.0 Å². The quantitative estimate of drug-likeness (QED) is 0.589. The first-order chi connectivity index (χ1) is 11.8. The highest BCUT2D eigenvalue weighted by atomic mass is 79.9. The van der Waals surface area contributed by atoms with E-state index in [0.717, 1.165) is 8.95 Å². The highest BCUT2D eigenvalue weighted by Crippen LogP contribution is 2.43. The summed E-state index contributed by atoms with van der Waals surface area (Å²) in [4.78, 5) is 12.9. The largest absolute Gasteiger partial charge is 0.508 e. The van der Waals surface area contributed by atoms with Gasteiger partial charge in [0.25, 0.3) is 0 Å². The van der Waals surface area contributed by atoms with Crippen molar-refractivity contribution in [3.8, 4) is 11.5 Å².